The smallest absolute Gasteiger partial charge is 0.0931 e. The van der Waals surface area contributed by atoms with Crippen molar-refractivity contribution in [2.75, 3.05) is 0 Å². The third-order valence-corrected chi connectivity index (χ3v) is 5.82. The van der Waals surface area contributed by atoms with Crippen molar-refractivity contribution in [2.24, 2.45) is 0 Å². The highest BCUT2D eigenvalue weighted by molar-refractivity contribution is 4.98. The van der Waals surface area contributed by atoms with Crippen molar-refractivity contribution >= 4 is 0 Å². The second kappa shape index (κ2) is 11.5. The van der Waals surface area contributed by atoms with Crippen LogP contribution in [0.15, 0.2) is 0 Å². The fourth-order valence-electron chi connectivity index (χ4n) is 4.33. The summed E-state index contributed by atoms with van der Waals surface area (Å²) in [5.41, 5.74) is 0. The maximum Gasteiger partial charge on any atom is 0.0931 e. The van der Waals surface area contributed by atoms with Crippen LogP contribution in [-0.2, 0) is 0 Å². The molecule has 2 aliphatic rings. The molecule has 0 amide bonds. The Hall–Kier alpha value is -0.120. The number of hydrazine groups is 1. The van der Waals surface area contributed by atoms with Crippen LogP contribution in [0.1, 0.15) is 117 Å². The van der Waals surface area contributed by atoms with Crippen LogP contribution in [0.25, 0.3) is 0 Å². The molecule has 2 aliphatic heterocycles. The van der Waals surface area contributed by atoms with Crippen LogP contribution in [0.5, 0.6) is 0 Å². The van der Waals surface area contributed by atoms with E-state index in [0.29, 0.717) is 12.3 Å². The Kier molecular flexibility index (Phi) is 9.67. The Labute approximate surface area is 151 Å². The minimum atomic E-state index is 0.634. The van der Waals surface area contributed by atoms with E-state index in [9.17, 15) is 0 Å². The van der Waals surface area contributed by atoms with Crippen LogP contribution in [0.2, 0.25) is 0 Å². The summed E-state index contributed by atoms with van der Waals surface area (Å²) in [5.74, 6) is 0. The molecule has 0 bridgehead atoms. The van der Waals surface area contributed by atoms with Gasteiger partial charge in [0.15, 0.2) is 0 Å². The summed E-state index contributed by atoms with van der Waals surface area (Å²) in [4.78, 5) is 0. The predicted molar refractivity (Wildman–Crippen MR) is 104 cm³/mol. The van der Waals surface area contributed by atoms with Crippen molar-refractivity contribution in [3.05, 3.63) is 0 Å². The Morgan fingerprint density at radius 2 is 0.958 bits per heavy atom. The molecule has 1 N–H and O–H groups in total. The number of unbranched alkanes of at least 4 members (excludes halogenated alkanes) is 9. The summed E-state index contributed by atoms with van der Waals surface area (Å²) in [6.07, 6.45) is 22.8. The third-order valence-electron chi connectivity index (χ3n) is 5.82. The van der Waals surface area contributed by atoms with E-state index in [1.807, 2.05) is 0 Å². The zero-order valence-electron chi connectivity index (χ0n) is 16.7. The van der Waals surface area contributed by atoms with E-state index in [4.69, 9.17) is 0 Å². The van der Waals surface area contributed by atoms with Gasteiger partial charge < -0.3 is 0 Å². The molecule has 24 heavy (non-hydrogen) atoms. The van der Waals surface area contributed by atoms with E-state index in [-0.39, 0.29) is 0 Å². The molecule has 2 saturated heterocycles. The van der Waals surface area contributed by atoms with E-state index in [1.165, 1.54) is 96.3 Å². The Balaban J connectivity index is 1.73. The van der Waals surface area contributed by atoms with Gasteiger partial charge in [-0.25, -0.2) is 10.0 Å². The first kappa shape index (κ1) is 20.2. The van der Waals surface area contributed by atoms with Gasteiger partial charge in [0.2, 0.25) is 0 Å². The van der Waals surface area contributed by atoms with Gasteiger partial charge in [-0.1, -0.05) is 97.8 Å². The number of nitrogens with zero attached hydrogens (tertiary/aromatic N) is 2. The van der Waals surface area contributed by atoms with Crippen molar-refractivity contribution in [3.8, 4) is 0 Å². The topological polar surface area (TPSA) is 18.0 Å². The van der Waals surface area contributed by atoms with Crippen molar-refractivity contribution in [2.45, 2.75) is 136 Å². The van der Waals surface area contributed by atoms with Gasteiger partial charge in [0, 0.05) is 0 Å². The first-order chi connectivity index (χ1) is 11.8. The van der Waals surface area contributed by atoms with Crippen LogP contribution in [-0.4, -0.2) is 28.5 Å². The van der Waals surface area contributed by atoms with Crippen molar-refractivity contribution in [1.82, 2.24) is 15.3 Å². The largest absolute Gasteiger partial charge is 0.284 e. The third kappa shape index (κ3) is 6.00. The van der Waals surface area contributed by atoms with Gasteiger partial charge in [-0.3, -0.25) is 5.32 Å². The standard InChI is InChI=1S/C21H43N3/c1-4-7-10-13-16-19-22-20(17-14-11-8-5-2)24-21(23(19)24)18-15-12-9-6-3/h19-22H,4-18H2,1-3H3/t19-,20+,21?,23?,24?. The summed E-state index contributed by atoms with van der Waals surface area (Å²) in [6, 6.07) is 0. The van der Waals surface area contributed by atoms with Gasteiger partial charge in [-0.2, -0.15) is 0 Å². The quantitative estimate of drug-likeness (QED) is 0.291. The molecule has 0 saturated carbocycles. The zero-order valence-corrected chi connectivity index (χ0v) is 16.7. The molecular weight excluding hydrogens is 294 g/mol. The molecule has 5 atom stereocenters. The summed E-state index contributed by atoms with van der Waals surface area (Å²) in [6.45, 7) is 6.92. The van der Waals surface area contributed by atoms with Crippen molar-refractivity contribution in [3.63, 3.8) is 0 Å². The van der Waals surface area contributed by atoms with Gasteiger partial charge in [-0.05, 0) is 19.3 Å². The Morgan fingerprint density at radius 1 is 0.542 bits per heavy atom. The van der Waals surface area contributed by atoms with Gasteiger partial charge in [0.1, 0.15) is 0 Å². The normalized spacial score (nSPS) is 31.4. The molecule has 2 rings (SSSR count). The molecule has 142 valence electrons. The zero-order chi connectivity index (χ0) is 17.2. The minimum Gasteiger partial charge on any atom is -0.284 e. The number of nitrogens with one attached hydrogen (secondary N) is 1. The first-order valence-corrected chi connectivity index (χ1v) is 11.2. The SMILES string of the molecule is CCCCCCC1N2[C@H](CCCCCC)N[C@H](CCCCCC)N12. The first-order valence-electron chi connectivity index (χ1n) is 11.2. The molecule has 0 aliphatic carbocycles. The fourth-order valence-corrected chi connectivity index (χ4v) is 4.33. The highest BCUT2D eigenvalue weighted by Gasteiger charge is 2.57. The number of hydrogen-bond acceptors (Lipinski definition) is 3. The molecular formula is C21H43N3. The van der Waals surface area contributed by atoms with E-state index >= 15 is 0 Å². The van der Waals surface area contributed by atoms with Crippen LogP contribution in [0, 0.1) is 0 Å². The maximum atomic E-state index is 3.93. The molecule has 2 heterocycles. The van der Waals surface area contributed by atoms with Gasteiger partial charge in [0.25, 0.3) is 0 Å². The summed E-state index contributed by atoms with van der Waals surface area (Å²) < 4.78 is 0. The van der Waals surface area contributed by atoms with E-state index in [1.54, 1.807) is 0 Å². The van der Waals surface area contributed by atoms with Crippen LogP contribution in [0.4, 0.5) is 0 Å². The molecule has 2 fully saturated rings. The van der Waals surface area contributed by atoms with Crippen LogP contribution in [0.3, 0.4) is 0 Å². The molecule has 0 spiro atoms. The van der Waals surface area contributed by atoms with E-state index in [0.717, 1.165) is 6.17 Å². The fraction of sp³-hybridized carbons (Fsp3) is 1.00. The van der Waals surface area contributed by atoms with Gasteiger partial charge in [-0.15, -0.1) is 0 Å². The monoisotopic (exact) mass is 337 g/mol. The lowest BCUT2D eigenvalue weighted by atomic mass is 10.1. The van der Waals surface area contributed by atoms with E-state index < -0.39 is 0 Å². The molecule has 3 heteroatoms. The van der Waals surface area contributed by atoms with Crippen LogP contribution >= 0.6 is 0 Å². The highest BCUT2D eigenvalue weighted by Crippen LogP contribution is 2.42. The van der Waals surface area contributed by atoms with Gasteiger partial charge >= 0.3 is 0 Å². The lowest BCUT2D eigenvalue weighted by Gasteiger charge is -2.20. The molecule has 0 aromatic carbocycles. The summed E-state index contributed by atoms with van der Waals surface area (Å²) in [7, 11) is 0. The number of fused-ring (bicyclic) bond motifs is 1. The Morgan fingerprint density at radius 3 is 1.38 bits per heavy atom. The lowest BCUT2D eigenvalue weighted by Crippen LogP contribution is -2.40. The molecule has 0 radical (unpaired) electrons. The molecule has 0 aromatic rings. The van der Waals surface area contributed by atoms with E-state index in [2.05, 4.69) is 36.1 Å². The van der Waals surface area contributed by atoms with Gasteiger partial charge in [0.05, 0.1) is 18.5 Å². The second-order valence-corrected chi connectivity index (χ2v) is 7.99. The number of rotatable bonds is 15. The molecule has 3 nitrogen and oxygen atoms in total. The van der Waals surface area contributed by atoms with Crippen molar-refractivity contribution < 1.29 is 0 Å². The second-order valence-electron chi connectivity index (χ2n) is 7.99. The predicted octanol–water partition coefficient (Wildman–Crippen LogP) is 6.01. The van der Waals surface area contributed by atoms with Crippen molar-refractivity contribution in [1.29, 1.82) is 0 Å². The molecule has 3 unspecified atom stereocenters. The number of hydrogen-bond donors (Lipinski definition) is 1. The lowest BCUT2D eigenvalue weighted by molar-refractivity contribution is 0.288. The Bertz CT molecular complexity index is 296. The van der Waals surface area contributed by atoms with Crippen LogP contribution < -0.4 is 5.32 Å². The average molecular weight is 338 g/mol. The maximum absolute atomic E-state index is 3.93. The molecule has 0 aromatic heterocycles. The average Bonchev–Trinajstić information content (AvgIpc) is 3.19. The highest BCUT2D eigenvalue weighted by atomic mass is 15.9. The summed E-state index contributed by atoms with van der Waals surface area (Å²) in [5, 5.41) is 9.32. The minimum absolute atomic E-state index is 0.634. The summed E-state index contributed by atoms with van der Waals surface area (Å²) >= 11 is 0.